The molecule has 0 aliphatic heterocycles. The number of hydrogen-bond acceptors (Lipinski definition) is 1. The maximum absolute atomic E-state index is 5.66. The molecule has 0 aromatic carbocycles. The van der Waals surface area contributed by atoms with E-state index in [0.29, 0.717) is 0 Å². The highest BCUT2D eigenvalue weighted by Gasteiger charge is 2.08. The first-order valence-corrected chi connectivity index (χ1v) is 5.44. The van der Waals surface area contributed by atoms with Gasteiger partial charge in [-0.25, -0.2) is 0 Å². The highest BCUT2D eigenvalue weighted by Crippen LogP contribution is 2.19. The monoisotopic (exact) mass is 171 g/mol. The standard InChI is InChI=1S/C11H25N/c1-4-6-7-10(3)8-11(5-2)9-12/h10-11H,4-9,12H2,1-3H3/t10-,11-/m1/s1. The molecule has 0 saturated heterocycles. The number of unbranched alkanes of at least 4 members (excludes halogenated alkanes) is 1. The lowest BCUT2D eigenvalue weighted by Gasteiger charge is -2.17. The molecule has 74 valence electrons. The summed E-state index contributed by atoms with van der Waals surface area (Å²) in [6.45, 7) is 7.72. The maximum Gasteiger partial charge on any atom is -0.00489 e. The number of rotatable bonds is 7. The molecular formula is C11H25N. The third kappa shape index (κ3) is 5.59. The number of nitrogens with two attached hydrogens (primary N) is 1. The molecule has 0 aliphatic carbocycles. The van der Waals surface area contributed by atoms with Gasteiger partial charge in [-0.3, -0.25) is 0 Å². The Kier molecular flexibility index (Phi) is 7.58. The summed E-state index contributed by atoms with van der Waals surface area (Å²) in [5, 5.41) is 0. The Morgan fingerprint density at radius 2 is 1.92 bits per heavy atom. The molecule has 0 unspecified atom stereocenters. The van der Waals surface area contributed by atoms with E-state index in [4.69, 9.17) is 5.73 Å². The van der Waals surface area contributed by atoms with Crippen molar-refractivity contribution in [3.8, 4) is 0 Å². The Labute approximate surface area is 77.7 Å². The second-order valence-electron chi connectivity index (χ2n) is 3.99. The third-order valence-electron chi connectivity index (χ3n) is 2.70. The minimum Gasteiger partial charge on any atom is -0.330 e. The fraction of sp³-hybridized carbons (Fsp3) is 1.00. The van der Waals surface area contributed by atoms with Crippen LogP contribution in [0.3, 0.4) is 0 Å². The number of hydrogen-bond donors (Lipinski definition) is 1. The molecule has 0 fully saturated rings. The van der Waals surface area contributed by atoms with Gasteiger partial charge in [0.15, 0.2) is 0 Å². The average molecular weight is 171 g/mol. The van der Waals surface area contributed by atoms with Crippen LogP contribution in [0, 0.1) is 11.8 Å². The Balaban J connectivity index is 3.44. The normalized spacial score (nSPS) is 16.0. The Morgan fingerprint density at radius 1 is 1.25 bits per heavy atom. The molecule has 0 aliphatic rings. The second-order valence-corrected chi connectivity index (χ2v) is 3.99. The zero-order valence-electron chi connectivity index (χ0n) is 8.97. The fourth-order valence-electron chi connectivity index (χ4n) is 1.67. The van der Waals surface area contributed by atoms with E-state index in [1.807, 2.05) is 0 Å². The predicted molar refractivity (Wildman–Crippen MR) is 56.1 cm³/mol. The van der Waals surface area contributed by atoms with Crippen LogP contribution in [0.5, 0.6) is 0 Å². The van der Waals surface area contributed by atoms with E-state index in [-0.39, 0.29) is 0 Å². The first kappa shape index (κ1) is 12.0. The molecule has 1 nitrogen and oxygen atoms in total. The first-order chi connectivity index (χ1) is 5.74. The minimum atomic E-state index is 0.761. The van der Waals surface area contributed by atoms with Gasteiger partial charge in [0.1, 0.15) is 0 Å². The molecule has 2 atom stereocenters. The van der Waals surface area contributed by atoms with E-state index in [0.717, 1.165) is 18.4 Å². The predicted octanol–water partition coefficient (Wildman–Crippen LogP) is 3.19. The van der Waals surface area contributed by atoms with Crippen molar-refractivity contribution in [3.63, 3.8) is 0 Å². The Hall–Kier alpha value is -0.0400. The third-order valence-corrected chi connectivity index (χ3v) is 2.70. The van der Waals surface area contributed by atoms with Crippen molar-refractivity contribution < 1.29 is 0 Å². The van der Waals surface area contributed by atoms with Crippen molar-refractivity contribution in [2.24, 2.45) is 17.6 Å². The molecular weight excluding hydrogens is 146 g/mol. The molecule has 0 spiro atoms. The quantitative estimate of drug-likeness (QED) is 0.625. The molecule has 0 saturated carbocycles. The van der Waals surface area contributed by atoms with E-state index < -0.39 is 0 Å². The summed E-state index contributed by atoms with van der Waals surface area (Å²) in [6.07, 6.45) is 6.65. The smallest absolute Gasteiger partial charge is 0.00489 e. The van der Waals surface area contributed by atoms with Gasteiger partial charge >= 0.3 is 0 Å². The van der Waals surface area contributed by atoms with Crippen molar-refractivity contribution in [1.29, 1.82) is 0 Å². The van der Waals surface area contributed by atoms with Gasteiger partial charge in [-0.05, 0) is 24.8 Å². The molecule has 0 bridgehead atoms. The SMILES string of the molecule is CCCC[C@@H](C)C[C@@H](CC)CN. The van der Waals surface area contributed by atoms with Crippen LogP contribution in [-0.2, 0) is 0 Å². The lowest BCUT2D eigenvalue weighted by atomic mass is 9.90. The van der Waals surface area contributed by atoms with Gasteiger partial charge in [0.05, 0.1) is 0 Å². The van der Waals surface area contributed by atoms with Crippen LogP contribution in [0.25, 0.3) is 0 Å². The van der Waals surface area contributed by atoms with E-state index in [2.05, 4.69) is 20.8 Å². The second kappa shape index (κ2) is 7.60. The van der Waals surface area contributed by atoms with Gasteiger partial charge in [0.25, 0.3) is 0 Å². The molecule has 2 N–H and O–H groups in total. The zero-order chi connectivity index (χ0) is 9.40. The zero-order valence-corrected chi connectivity index (χ0v) is 8.97. The highest BCUT2D eigenvalue weighted by molar-refractivity contribution is 4.62. The lowest BCUT2D eigenvalue weighted by molar-refractivity contribution is 0.364. The molecule has 0 heterocycles. The maximum atomic E-state index is 5.66. The van der Waals surface area contributed by atoms with Gasteiger partial charge in [0.2, 0.25) is 0 Å². The van der Waals surface area contributed by atoms with Crippen LogP contribution < -0.4 is 5.73 Å². The molecule has 0 aromatic heterocycles. The van der Waals surface area contributed by atoms with Gasteiger partial charge in [-0.15, -0.1) is 0 Å². The molecule has 0 radical (unpaired) electrons. The summed E-state index contributed by atoms with van der Waals surface area (Å²) in [7, 11) is 0. The molecule has 0 rings (SSSR count). The Morgan fingerprint density at radius 3 is 2.33 bits per heavy atom. The molecule has 0 aromatic rings. The van der Waals surface area contributed by atoms with E-state index >= 15 is 0 Å². The molecule has 1 heteroatoms. The summed E-state index contributed by atoms with van der Waals surface area (Å²) in [5.41, 5.74) is 5.66. The van der Waals surface area contributed by atoms with Crippen LogP contribution in [0.15, 0.2) is 0 Å². The molecule has 0 amide bonds. The van der Waals surface area contributed by atoms with Gasteiger partial charge in [-0.1, -0.05) is 46.5 Å². The van der Waals surface area contributed by atoms with Crippen LogP contribution in [-0.4, -0.2) is 6.54 Å². The van der Waals surface area contributed by atoms with Crippen LogP contribution in [0.2, 0.25) is 0 Å². The first-order valence-electron chi connectivity index (χ1n) is 5.44. The highest BCUT2D eigenvalue weighted by atomic mass is 14.5. The molecule has 12 heavy (non-hydrogen) atoms. The van der Waals surface area contributed by atoms with E-state index in [9.17, 15) is 0 Å². The summed E-state index contributed by atoms with van der Waals surface area (Å²) < 4.78 is 0. The largest absolute Gasteiger partial charge is 0.330 e. The lowest BCUT2D eigenvalue weighted by Crippen LogP contribution is -2.16. The summed E-state index contributed by atoms with van der Waals surface area (Å²) >= 11 is 0. The minimum absolute atomic E-state index is 0.761. The summed E-state index contributed by atoms with van der Waals surface area (Å²) in [4.78, 5) is 0. The van der Waals surface area contributed by atoms with Gasteiger partial charge in [0, 0.05) is 0 Å². The van der Waals surface area contributed by atoms with Crippen LogP contribution in [0.1, 0.15) is 52.9 Å². The fourth-order valence-corrected chi connectivity index (χ4v) is 1.67. The topological polar surface area (TPSA) is 26.0 Å². The van der Waals surface area contributed by atoms with Crippen LogP contribution in [0.4, 0.5) is 0 Å². The van der Waals surface area contributed by atoms with Gasteiger partial charge < -0.3 is 5.73 Å². The van der Waals surface area contributed by atoms with Gasteiger partial charge in [-0.2, -0.15) is 0 Å². The van der Waals surface area contributed by atoms with Crippen molar-refractivity contribution >= 4 is 0 Å². The van der Waals surface area contributed by atoms with E-state index in [1.165, 1.54) is 32.1 Å². The van der Waals surface area contributed by atoms with Crippen molar-refractivity contribution in [1.82, 2.24) is 0 Å². The summed E-state index contributed by atoms with van der Waals surface area (Å²) in [6, 6.07) is 0. The average Bonchev–Trinajstić information content (AvgIpc) is 2.10. The Bertz CT molecular complexity index is 87.0. The van der Waals surface area contributed by atoms with Crippen LogP contribution >= 0.6 is 0 Å². The van der Waals surface area contributed by atoms with Crippen molar-refractivity contribution in [3.05, 3.63) is 0 Å². The van der Waals surface area contributed by atoms with Crippen molar-refractivity contribution in [2.75, 3.05) is 6.54 Å². The summed E-state index contributed by atoms with van der Waals surface area (Å²) in [5.74, 6) is 1.63. The van der Waals surface area contributed by atoms with Crippen molar-refractivity contribution in [2.45, 2.75) is 52.9 Å². The van der Waals surface area contributed by atoms with E-state index in [1.54, 1.807) is 0 Å².